The number of carbonyl (C=O) groups is 1. The van der Waals surface area contributed by atoms with Gasteiger partial charge in [0.1, 0.15) is 0 Å². The van der Waals surface area contributed by atoms with Gasteiger partial charge in [-0.25, -0.2) is 0 Å². The molecule has 1 fully saturated rings. The number of ketones is 1. The third kappa shape index (κ3) is 0.547. The number of hydrogen-bond donors (Lipinski definition) is 1. The molecule has 0 aliphatic heterocycles. The van der Waals surface area contributed by atoms with Crippen LogP contribution in [0, 0.1) is 23.7 Å². The molecular weight excluding hydrogens is 152 g/mol. The average Bonchev–Trinajstić information content (AvgIpc) is 2.66. The topological polar surface area (TPSA) is 37.3 Å². The van der Waals surface area contributed by atoms with Gasteiger partial charge in [0.05, 0.1) is 6.10 Å². The molecule has 3 rings (SSSR count). The molecule has 0 aromatic rings. The lowest BCUT2D eigenvalue weighted by Gasteiger charge is -2.16. The van der Waals surface area contributed by atoms with Crippen LogP contribution < -0.4 is 0 Å². The van der Waals surface area contributed by atoms with Crippen molar-refractivity contribution in [1.29, 1.82) is 0 Å². The van der Waals surface area contributed by atoms with Gasteiger partial charge in [-0.2, -0.15) is 0 Å². The van der Waals surface area contributed by atoms with E-state index in [1.165, 1.54) is 0 Å². The summed E-state index contributed by atoms with van der Waals surface area (Å²) >= 11 is 0. The first-order chi connectivity index (χ1) is 5.79. The number of fused-ring (bicyclic) bond motifs is 5. The Kier molecular flexibility index (Phi) is 1.04. The molecule has 0 spiro atoms. The smallest absolute Gasteiger partial charge is 0.159 e. The zero-order valence-electron chi connectivity index (χ0n) is 6.55. The number of carbonyl (C=O) groups excluding carboxylic acids is 1. The number of hydrogen-bond acceptors (Lipinski definition) is 2. The van der Waals surface area contributed by atoms with Crippen LogP contribution >= 0.6 is 0 Å². The SMILES string of the molecule is O=C1C=C[C@@H]2[C@H]3C=C[C@@H]([C@@H]3O)[C@H]12. The van der Waals surface area contributed by atoms with E-state index in [-0.39, 0.29) is 29.6 Å². The van der Waals surface area contributed by atoms with Gasteiger partial charge in [0, 0.05) is 17.8 Å². The van der Waals surface area contributed by atoms with Crippen molar-refractivity contribution >= 4 is 5.78 Å². The first kappa shape index (κ1) is 6.61. The van der Waals surface area contributed by atoms with Gasteiger partial charge < -0.3 is 5.11 Å². The van der Waals surface area contributed by atoms with Crippen molar-refractivity contribution in [3.8, 4) is 0 Å². The zero-order valence-corrected chi connectivity index (χ0v) is 6.55. The minimum atomic E-state index is -0.297. The monoisotopic (exact) mass is 162 g/mol. The molecule has 0 aromatic carbocycles. The van der Waals surface area contributed by atoms with Gasteiger partial charge in [0.15, 0.2) is 5.78 Å². The van der Waals surface area contributed by atoms with Crippen LogP contribution in [0.2, 0.25) is 0 Å². The van der Waals surface area contributed by atoms with Gasteiger partial charge >= 0.3 is 0 Å². The van der Waals surface area contributed by atoms with Crippen molar-refractivity contribution in [3.05, 3.63) is 24.3 Å². The number of aliphatic hydroxyl groups excluding tert-OH is 1. The minimum absolute atomic E-state index is 0.0648. The van der Waals surface area contributed by atoms with Gasteiger partial charge in [-0.05, 0) is 12.0 Å². The highest BCUT2D eigenvalue weighted by Gasteiger charge is 2.54. The fourth-order valence-electron chi connectivity index (χ4n) is 2.87. The van der Waals surface area contributed by atoms with E-state index in [9.17, 15) is 9.90 Å². The number of aliphatic hydroxyl groups is 1. The summed E-state index contributed by atoms with van der Waals surface area (Å²) in [5.41, 5.74) is 0. The largest absolute Gasteiger partial charge is 0.392 e. The summed E-state index contributed by atoms with van der Waals surface area (Å²) in [5, 5.41) is 9.70. The first-order valence-electron chi connectivity index (χ1n) is 4.37. The standard InChI is InChI=1S/C10H10O2/c11-8-4-3-5-6-1-2-7(9(5)8)10(6)12/h1-7,9-10,12H/t5-,6-,7-,9-,10-/m1/s1. The van der Waals surface area contributed by atoms with Gasteiger partial charge in [0.25, 0.3) is 0 Å². The summed E-state index contributed by atoms with van der Waals surface area (Å²) in [5.74, 6) is 0.874. The highest BCUT2D eigenvalue weighted by Crippen LogP contribution is 2.51. The molecular formula is C10H10O2. The molecule has 1 saturated carbocycles. The first-order valence-corrected chi connectivity index (χ1v) is 4.37. The van der Waals surface area contributed by atoms with E-state index in [4.69, 9.17) is 0 Å². The molecule has 0 amide bonds. The Morgan fingerprint density at radius 2 is 1.83 bits per heavy atom. The second-order valence-corrected chi connectivity index (χ2v) is 3.89. The normalized spacial score (nSPS) is 53.8. The Morgan fingerprint density at radius 3 is 2.58 bits per heavy atom. The van der Waals surface area contributed by atoms with Crippen LogP contribution in [0.15, 0.2) is 24.3 Å². The zero-order chi connectivity index (χ0) is 8.29. The molecule has 0 heterocycles. The van der Waals surface area contributed by atoms with Crippen molar-refractivity contribution in [3.63, 3.8) is 0 Å². The van der Waals surface area contributed by atoms with E-state index in [1.807, 2.05) is 12.2 Å². The van der Waals surface area contributed by atoms with Gasteiger partial charge in [-0.1, -0.05) is 18.2 Å². The van der Waals surface area contributed by atoms with E-state index in [0.29, 0.717) is 5.92 Å². The number of rotatable bonds is 0. The lowest BCUT2D eigenvalue weighted by atomic mass is 9.85. The highest BCUT2D eigenvalue weighted by molar-refractivity contribution is 5.95. The van der Waals surface area contributed by atoms with Crippen LogP contribution in [-0.4, -0.2) is 17.0 Å². The molecule has 0 unspecified atom stereocenters. The van der Waals surface area contributed by atoms with Gasteiger partial charge in [-0.3, -0.25) is 4.79 Å². The maximum atomic E-state index is 11.4. The second-order valence-electron chi connectivity index (χ2n) is 3.89. The quantitative estimate of drug-likeness (QED) is 0.528. The Balaban J connectivity index is 2.08. The van der Waals surface area contributed by atoms with Crippen molar-refractivity contribution < 1.29 is 9.90 Å². The molecule has 1 N–H and O–H groups in total. The van der Waals surface area contributed by atoms with Crippen LogP contribution in [0.4, 0.5) is 0 Å². The maximum Gasteiger partial charge on any atom is 0.159 e. The molecule has 5 atom stereocenters. The van der Waals surface area contributed by atoms with Gasteiger partial charge in [-0.15, -0.1) is 0 Å². The molecule has 0 aromatic heterocycles. The minimum Gasteiger partial charge on any atom is -0.392 e. The predicted octanol–water partition coefficient (Wildman–Crippen LogP) is 0.534. The van der Waals surface area contributed by atoms with E-state index in [2.05, 4.69) is 6.08 Å². The van der Waals surface area contributed by atoms with Crippen molar-refractivity contribution in [2.24, 2.45) is 23.7 Å². The highest BCUT2D eigenvalue weighted by atomic mass is 16.3. The summed E-state index contributed by atoms with van der Waals surface area (Å²) in [6, 6.07) is 0. The summed E-state index contributed by atoms with van der Waals surface area (Å²) in [7, 11) is 0. The number of allylic oxidation sites excluding steroid dienone is 2. The molecule has 2 nitrogen and oxygen atoms in total. The van der Waals surface area contributed by atoms with Crippen LogP contribution in [0.25, 0.3) is 0 Å². The molecule has 3 aliphatic carbocycles. The lowest BCUT2D eigenvalue weighted by molar-refractivity contribution is -0.119. The van der Waals surface area contributed by atoms with Crippen LogP contribution in [0.1, 0.15) is 0 Å². The summed E-state index contributed by atoms with van der Waals surface area (Å²) in [6.07, 6.45) is 7.40. The molecule has 62 valence electrons. The molecule has 0 radical (unpaired) electrons. The van der Waals surface area contributed by atoms with E-state index >= 15 is 0 Å². The molecule has 12 heavy (non-hydrogen) atoms. The van der Waals surface area contributed by atoms with Gasteiger partial charge in [0.2, 0.25) is 0 Å². The van der Waals surface area contributed by atoms with E-state index < -0.39 is 0 Å². The third-order valence-corrected chi connectivity index (χ3v) is 3.43. The molecule has 0 saturated heterocycles. The summed E-state index contributed by atoms with van der Waals surface area (Å²) in [6.45, 7) is 0. The third-order valence-electron chi connectivity index (χ3n) is 3.43. The Bertz CT molecular complexity index is 303. The molecule has 2 bridgehead atoms. The fourth-order valence-corrected chi connectivity index (χ4v) is 2.87. The molecule has 3 aliphatic rings. The van der Waals surface area contributed by atoms with E-state index in [0.717, 1.165) is 0 Å². The van der Waals surface area contributed by atoms with Crippen LogP contribution in [0.5, 0.6) is 0 Å². The van der Waals surface area contributed by atoms with Crippen molar-refractivity contribution in [1.82, 2.24) is 0 Å². The average molecular weight is 162 g/mol. The van der Waals surface area contributed by atoms with Crippen LogP contribution in [0.3, 0.4) is 0 Å². The lowest BCUT2D eigenvalue weighted by Crippen LogP contribution is -2.21. The Hall–Kier alpha value is -0.890. The molecule has 2 heteroatoms. The van der Waals surface area contributed by atoms with Crippen molar-refractivity contribution in [2.45, 2.75) is 6.10 Å². The Labute approximate surface area is 70.6 Å². The second kappa shape index (κ2) is 1.88. The van der Waals surface area contributed by atoms with Crippen molar-refractivity contribution in [2.75, 3.05) is 0 Å². The summed E-state index contributed by atoms with van der Waals surface area (Å²) in [4.78, 5) is 11.4. The summed E-state index contributed by atoms with van der Waals surface area (Å²) < 4.78 is 0. The van der Waals surface area contributed by atoms with Crippen LogP contribution in [-0.2, 0) is 4.79 Å². The maximum absolute atomic E-state index is 11.4. The Morgan fingerprint density at radius 1 is 1.08 bits per heavy atom. The fraction of sp³-hybridized carbons (Fsp3) is 0.500. The van der Waals surface area contributed by atoms with E-state index in [1.54, 1.807) is 6.08 Å². The predicted molar refractivity (Wildman–Crippen MR) is 43.3 cm³/mol.